The molecule has 0 fully saturated rings. The van der Waals surface area contributed by atoms with E-state index in [1.807, 2.05) is 45.0 Å². The smallest absolute Gasteiger partial charge is 0.360 e. The lowest BCUT2D eigenvalue weighted by Gasteiger charge is -2.12. The summed E-state index contributed by atoms with van der Waals surface area (Å²) < 4.78 is 5.28. The first-order valence-electron chi connectivity index (χ1n) is 8.46. The van der Waals surface area contributed by atoms with E-state index in [9.17, 15) is 4.79 Å². The Balaban J connectivity index is 2.08. The second kappa shape index (κ2) is 7.70. The van der Waals surface area contributed by atoms with Gasteiger partial charge in [0, 0.05) is 10.7 Å². The lowest BCUT2D eigenvalue weighted by atomic mass is 10.1. The van der Waals surface area contributed by atoms with Crippen molar-refractivity contribution in [3.63, 3.8) is 0 Å². The third kappa shape index (κ3) is 3.94. The number of fused-ring (bicyclic) bond motifs is 1. The normalized spacial score (nSPS) is 10.8. The van der Waals surface area contributed by atoms with E-state index < -0.39 is 5.97 Å². The molecule has 0 aliphatic carbocycles. The Hall–Kier alpha value is -2.66. The van der Waals surface area contributed by atoms with Crippen molar-refractivity contribution in [3.8, 4) is 0 Å². The van der Waals surface area contributed by atoms with Gasteiger partial charge in [-0.1, -0.05) is 18.5 Å². The fourth-order valence-electron chi connectivity index (χ4n) is 2.47. The molecule has 0 saturated heterocycles. The maximum Gasteiger partial charge on any atom is 0.360 e. The highest BCUT2D eigenvalue weighted by molar-refractivity contribution is 6.30. The maximum atomic E-state index is 12.5. The number of esters is 1. The van der Waals surface area contributed by atoms with Crippen molar-refractivity contribution in [2.24, 2.45) is 0 Å². The molecular formula is C20H20ClN3O2. The van der Waals surface area contributed by atoms with Crippen LogP contribution in [0.1, 0.15) is 35.0 Å². The minimum atomic E-state index is -0.490. The molecule has 0 unspecified atom stereocenters. The van der Waals surface area contributed by atoms with Crippen LogP contribution in [0.2, 0.25) is 5.02 Å². The molecule has 3 rings (SSSR count). The summed E-state index contributed by atoms with van der Waals surface area (Å²) in [4.78, 5) is 21.6. The Morgan fingerprint density at radius 1 is 1.08 bits per heavy atom. The minimum Gasteiger partial charge on any atom is -0.461 e. The van der Waals surface area contributed by atoms with E-state index in [4.69, 9.17) is 16.3 Å². The highest BCUT2D eigenvalue weighted by Crippen LogP contribution is 2.24. The first-order valence-corrected chi connectivity index (χ1v) is 8.84. The molecule has 1 N–H and O–H groups in total. The average molecular weight is 370 g/mol. The Morgan fingerprint density at radius 2 is 1.69 bits per heavy atom. The van der Waals surface area contributed by atoms with Crippen LogP contribution in [0.15, 0.2) is 36.4 Å². The molecule has 1 aromatic heterocycles. The highest BCUT2D eigenvalue weighted by Gasteiger charge is 2.18. The second-order valence-corrected chi connectivity index (χ2v) is 6.55. The number of carbonyl (C=O) groups excluding carboxylic acids is 1. The predicted molar refractivity (Wildman–Crippen MR) is 104 cm³/mol. The van der Waals surface area contributed by atoms with Gasteiger partial charge in [-0.15, -0.1) is 0 Å². The number of benzene rings is 2. The van der Waals surface area contributed by atoms with Gasteiger partial charge in [-0.25, -0.2) is 14.8 Å². The first-order chi connectivity index (χ1) is 12.5. The van der Waals surface area contributed by atoms with Gasteiger partial charge in [0.05, 0.1) is 17.6 Å². The van der Waals surface area contributed by atoms with E-state index in [1.165, 1.54) is 0 Å². The van der Waals surface area contributed by atoms with Crippen LogP contribution in [0.3, 0.4) is 0 Å². The van der Waals surface area contributed by atoms with Crippen molar-refractivity contribution in [2.75, 3.05) is 11.9 Å². The standard InChI is InChI=1S/C20H20ClN3O2/c1-4-9-26-20(25)18-19(22-15-7-5-14(21)6-8-15)24-17-11-13(3)12(2)10-16(17)23-18/h5-8,10-11H,4,9H2,1-3H3,(H,22,24). The fraction of sp³-hybridized carbons (Fsp3) is 0.250. The van der Waals surface area contributed by atoms with Crippen molar-refractivity contribution in [1.82, 2.24) is 9.97 Å². The summed E-state index contributed by atoms with van der Waals surface area (Å²) in [6, 6.07) is 11.1. The molecule has 1 heterocycles. The third-order valence-corrected chi connectivity index (χ3v) is 4.27. The summed E-state index contributed by atoms with van der Waals surface area (Å²) in [7, 11) is 0. The van der Waals surface area contributed by atoms with E-state index in [1.54, 1.807) is 12.1 Å². The maximum absolute atomic E-state index is 12.5. The molecule has 0 amide bonds. The zero-order valence-electron chi connectivity index (χ0n) is 15.0. The number of anilines is 2. The molecule has 0 radical (unpaired) electrons. The van der Waals surface area contributed by atoms with Gasteiger partial charge in [0.2, 0.25) is 0 Å². The Labute approximate surface area is 157 Å². The Kier molecular flexibility index (Phi) is 5.38. The van der Waals surface area contributed by atoms with E-state index in [-0.39, 0.29) is 5.69 Å². The Bertz CT molecular complexity index is 955. The van der Waals surface area contributed by atoms with Crippen molar-refractivity contribution >= 4 is 40.1 Å². The van der Waals surface area contributed by atoms with Crippen LogP contribution in [0.25, 0.3) is 11.0 Å². The van der Waals surface area contributed by atoms with E-state index >= 15 is 0 Å². The van der Waals surface area contributed by atoms with Crippen LogP contribution in [0.5, 0.6) is 0 Å². The number of aromatic nitrogens is 2. The van der Waals surface area contributed by atoms with Crippen LogP contribution in [-0.2, 0) is 4.74 Å². The monoisotopic (exact) mass is 369 g/mol. The van der Waals surface area contributed by atoms with Crippen molar-refractivity contribution in [3.05, 3.63) is 58.2 Å². The summed E-state index contributed by atoms with van der Waals surface area (Å²) >= 11 is 5.93. The molecule has 3 aromatic rings. The number of aryl methyl sites for hydroxylation is 2. The Morgan fingerprint density at radius 3 is 2.31 bits per heavy atom. The number of hydrogen-bond donors (Lipinski definition) is 1. The van der Waals surface area contributed by atoms with Crippen molar-refractivity contribution in [1.29, 1.82) is 0 Å². The van der Waals surface area contributed by atoms with Gasteiger partial charge in [0.25, 0.3) is 0 Å². The summed E-state index contributed by atoms with van der Waals surface area (Å²) in [6.07, 6.45) is 0.741. The van der Waals surface area contributed by atoms with Gasteiger partial charge in [-0.2, -0.15) is 0 Å². The number of nitrogens with zero attached hydrogens (tertiary/aromatic N) is 2. The van der Waals surface area contributed by atoms with Crippen LogP contribution >= 0.6 is 11.6 Å². The van der Waals surface area contributed by atoms with E-state index in [0.29, 0.717) is 23.0 Å². The predicted octanol–water partition coefficient (Wildman–Crippen LogP) is 5.21. The SMILES string of the molecule is CCCOC(=O)c1nc2cc(C)c(C)cc2nc1Nc1ccc(Cl)cc1. The molecule has 0 aliphatic rings. The number of rotatable bonds is 5. The first kappa shape index (κ1) is 18.1. The van der Waals surface area contributed by atoms with Gasteiger partial charge in [0.1, 0.15) is 0 Å². The molecule has 26 heavy (non-hydrogen) atoms. The van der Waals surface area contributed by atoms with E-state index in [0.717, 1.165) is 28.8 Å². The van der Waals surface area contributed by atoms with Crippen LogP contribution in [0.4, 0.5) is 11.5 Å². The summed E-state index contributed by atoms with van der Waals surface area (Å²) in [5.74, 6) is -0.125. The average Bonchev–Trinajstić information content (AvgIpc) is 2.62. The molecule has 0 spiro atoms. The van der Waals surface area contributed by atoms with Gasteiger partial charge < -0.3 is 10.1 Å². The zero-order valence-corrected chi connectivity index (χ0v) is 15.7. The molecule has 6 heteroatoms. The molecule has 0 bridgehead atoms. The van der Waals surface area contributed by atoms with E-state index in [2.05, 4.69) is 15.3 Å². The zero-order chi connectivity index (χ0) is 18.7. The van der Waals surface area contributed by atoms with Crippen molar-refractivity contribution in [2.45, 2.75) is 27.2 Å². The number of nitrogens with one attached hydrogen (secondary N) is 1. The fourth-order valence-corrected chi connectivity index (χ4v) is 2.60. The number of ether oxygens (including phenoxy) is 1. The van der Waals surface area contributed by atoms with Crippen molar-refractivity contribution < 1.29 is 9.53 Å². The molecule has 0 aliphatic heterocycles. The van der Waals surface area contributed by atoms with Crippen LogP contribution in [-0.4, -0.2) is 22.5 Å². The van der Waals surface area contributed by atoms with Crippen LogP contribution < -0.4 is 5.32 Å². The number of carbonyl (C=O) groups is 1. The summed E-state index contributed by atoms with van der Waals surface area (Å²) in [5, 5.41) is 3.78. The molecule has 2 aromatic carbocycles. The molecule has 0 atom stereocenters. The third-order valence-electron chi connectivity index (χ3n) is 4.02. The summed E-state index contributed by atoms with van der Waals surface area (Å²) in [6.45, 7) is 6.31. The van der Waals surface area contributed by atoms with Gasteiger partial charge in [-0.05, 0) is 67.8 Å². The molecule has 5 nitrogen and oxygen atoms in total. The van der Waals surface area contributed by atoms with Gasteiger partial charge >= 0.3 is 5.97 Å². The number of halogens is 1. The molecule has 134 valence electrons. The molecular weight excluding hydrogens is 350 g/mol. The lowest BCUT2D eigenvalue weighted by molar-refractivity contribution is 0.0499. The van der Waals surface area contributed by atoms with Gasteiger partial charge in [-0.3, -0.25) is 0 Å². The second-order valence-electron chi connectivity index (χ2n) is 6.11. The lowest BCUT2D eigenvalue weighted by Crippen LogP contribution is -2.13. The minimum absolute atomic E-state index is 0.171. The summed E-state index contributed by atoms with van der Waals surface area (Å²) in [5.41, 5.74) is 4.53. The quantitative estimate of drug-likeness (QED) is 0.625. The number of hydrogen-bond acceptors (Lipinski definition) is 5. The largest absolute Gasteiger partial charge is 0.461 e. The topological polar surface area (TPSA) is 64.1 Å². The molecule has 0 saturated carbocycles. The van der Waals surface area contributed by atoms with Crippen LogP contribution in [0, 0.1) is 13.8 Å². The van der Waals surface area contributed by atoms with Gasteiger partial charge in [0.15, 0.2) is 11.5 Å². The highest BCUT2D eigenvalue weighted by atomic mass is 35.5.